The van der Waals surface area contributed by atoms with Gasteiger partial charge >= 0.3 is 0 Å². The number of quaternary nitrogens is 1. The maximum absolute atomic E-state index is 4.75. The molecule has 25 heavy (non-hydrogen) atoms. The number of aryl methyl sites for hydroxylation is 1. The second-order valence-electron chi connectivity index (χ2n) is 5.80. The summed E-state index contributed by atoms with van der Waals surface area (Å²) in [6.45, 7) is 0.566. The van der Waals surface area contributed by atoms with Crippen LogP contribution in [-0.2, 0) is 13.6 Å². The van der Waals surface area contributed by atoms with Gasteiger partial charge in [-0.15, -0.1) is 0 Å². The number of aromatic nitrogens is 7. The number of nitrogens with zero attached hydrogens (tertiary/aromatic N) is 7. The summed E-state index contributed by atoms with van der Waals surface area (Å²) in [5.41, 5.74) is 8.42. The first-order valence-corrected chi connectivity index (χ1v) is 7.79. The van der Waals surface area contributed by atoms with Crippen LogP contribution in [0.25, 0.3) is 22.3 Å². The predicted molar refractivity (Wildman–Crippen MR) is 89.0 cm³/mol. The molecule has 0 fully saturated rings. The number of nitrogens with two attached hydrogens (primary N) is 1. The van der Waals surface area contributed by atoms with Gasteiger partial charge in [0.2, 0.25) is 5.82 Å². The van der Waals surface area contributed by atoms with E-state index in [1.54, 1.807) is 23.3 Å². The highest BCUT2D eigenvalue weighted by Gasteiger charge is 2.28. The fraction of sp³-hybridized carbons (Fsp3) is 0.133. The number of hydrogen-bond donors (Lipinski definition) is 3. The molecule has 0 atom stereocenters. The average molecular weight is 335 g/mol. The van der Waals surface area contributed by atoms with E-state index in [0.717, 1.165) is 34.0 Å². The Morgan fingerprint density at radius 3 is 3.08 bits per heavy atom. The van der Waals surface area contributed by atoms with Crippen LogP contribution >= 0.6 is 0 Å². The summed E-state index contributed by atoms with van der Waals surface area (Å²) in [6.07, 6.45) is 7.19. The molecule has 4 N–H and O–H groups in total. The first-order chi connectivity index (χ1) is 12.3. The molecule has 124 valence electrons. The zero-order chi connectivity index (χ0) is 16.8. The van der Waals surface area contributed by atoms with Gasteiger partial charge in [0, 0.05) is 30.4 Å². The zero-order valence-electron chi connectivity index (χ0n) is 13.4. The molecule has 5 rings (SSSR count). The molecule has 0 bridgehead atoms. The fourth-order valence-electron chi connectivity index (χ4n) is 2.88. The van der Waals surface area contributed by atoms with Gasteiger partial charge in [0.05, 0.1) is 30.3 Å². The molecule has 0 aromatic carbocycles. The Labute approximate surface area is 141 Å². The minimum Gasteiger partial charge on any atom is -0.278 e. The van der Waals surface area contributed by atoms with Gasteiger partial charge in [-0.2, -0.15) is 20.6 Å². The van der Waals surface area contributed by atoms with Crippen molar-refractivity contribution in [2.45, 2.75) is 6.54 Å². The largest absolute Gasteiger partial charge is 0.290 e. The molecule has 0 saturated carbocycles. The molecule has 4 aromatic rings. The van der Waals surface area contributed by atoms with Crippen molar-refractivity contribution < 1.29 is 5.43 Å². The number of anilines is 1. The minimum absolute atomic E-state index is 0.566. The lowest BCUT2D eigenvalue weighted by atomic mass is 10.2. The van der Waals surface area contributed by atoms with E-state index in [1.807, 2.05) is 35.8 Å². The van der Waals surface area contributed by atoms with Gasteiger partial charge < -0.3 is 0 Å². The molecule has 10 heteroatoms. The van der Waals surface area contributed by atoms with Crippen molar-refractivity contribution in [3.05, 3.63) is 42.6 Å². The van der Waals surface area contributed by atoms with Gasteiger partial charge in [-0.1, -0.05) is 5.53 Å². The number of hydrogen-bond acceptors (Lipinski definition) is 7. The average Bonchev–Trinajstić information content (AvgIpc) is 3.35. The lowest BCUT2D eigenvalue weighted by molar-refractivity contribution is -0.629. The van der Waals surface area contributed by atoms with E-state index in [9.17, 15) is 0 Å². The molecule has 5 heterocycles. The number of H-pyrrole nitrogens is 1. The van der Waals surface area contributed by atoms with Crippen molar-refractivity contribution in [3.63, 3.8) is 0 Å². The van der Waals surface area contributed by atoms with Crippen molar-refractivity contribution in [2.24, 2.45) is 7.05 Å². The molecule has 0 amide bonds. The van der Waals surface area contributed by atoms with Crippen LogP contribution in [0.5, 0.6) is 0 Å². The Hall–Kier alpha value is -3.37. The van der Waals surface area contributed by atoms with Crippen LogP contribution in [0.4, 0.5) is 11.6 Å². The fourth-order valence-corrected chi connectivity index (χ4v) is 2.88. The topological polar surface area (TPSA) is 117 Å². The highest BCUT2D eigenvalue weighted by atomic mass is 15.7. The lowest BCUT2D eigenvalue weighted by Crippen LogP contribution is -2.88. The van der Waals surface area contributed by atoms with Gasteiger partial charge in [0.25, 0.3) is 5.82 Å². The molecule has 1 aliphatic rings. The Balaban J connectivity index is 1.50. The molecule has 4 aromatic heterocycles. The first kappa shape index (κ1) is 14.0. The summed E-state index contributed by atoms with van der Waals surface area (Å²) < 4.78 is 1.75. The van der Waals surface area contributed by atoms with Crippen molar-refractivity contribution in [1.82, 2.24) is 40.5 Å². The van der Waals surface area contributed by atoms with Crippen LogP contribution in [0.15, 0.2) is 36.9 Å². The van der Waals surface area contributed by atoms with Crippen molar-refractivity contribution in [3.8, 4) is 11.3 Å². The standard InChI is InChI=1S/C15H14N10/c1-24-7-9(5-18-24)11-6-17-14-15(19-11)25(23-22-14)8-12-10-3-2-4-16-13(10)21-20-12/h2-7,23H,8H2,1H3,(H,17,22)(H,16,20,21)/p+1. The third-order valence-corrected chi connectivity index (χ3v) is 4.12. The number of pyridine rings is 1. The van der Waals surface area contributed by atoms with Crippen LogP contribution in [-0.4, -0.2) is 34.9 Å². The van der Waals surface area contributed by atoms with E-state index in [0.29, 0.717) is 12.2 Å². The highest BCUT2D eigenvalue weighted by Crippen LogP contribution is 2.25. The first-order valence-electron chi connectivity index (χ1n) is 7.79. The normalized spacial score (nSPS) is 13.6. The number of nitrogens with one attached hydrogen (secondary N) is 2. The van der Waals surface area contributed by atoms with Crippen molar-refractivity contribution in [1.29, 1.82) is 0 Å². The van der Waals surface area contributed by atoms with E-state index in [1.165, 1.54) is 0 Å². The summed E-state index contributed by atoms with van der Waals surface area (Å²) in [4.78, 5) is 13.5. The van der Waals surface area contributed by atoms with Crippen molar-refractivity contribution in [2.75, 3.05) is 5.01 Å². The summed E-state index contributed by atoms with van der Waals surface area (Å²) in [6, 6.07) is 3.90. The Kier molecular flexibility index (Phi) is 2.99. The Morgan fingerprint density at radius 2 is 2.20 bits per heavy atom. The monoisotopic (exact) mass is 335 g/mol. The minimum atomic E-state index is 0.566. The number of hydrazine groups is 1. The third kappa shape index (κ3) is 2.31. The number of fused-ring (bicyclic) bond motifs is 2. The number of aromatic amines is 1. The zero-order valence-corrected chi connectivity index (χ0v) is 13.4. The van der Waals surface area contributed by atoms with Crippen molar-refractivity contribution >= 4 is 22.7 Å². The van der Waals surface area contributed by atoms with Gasteiger partial charge in [-0.25, -0.2) is 15.0 Å². The SMILES string of the molecule is Cn1cc(-c2cnc3c(n2)N(Cc2[nH]nc4ncccc24)N[NH2+]3)cn1. The van der Waals surface area contributed by atoms with Crippen LogP contribution in [0, 0.1) is 0 Å². The lowest BCUT2D eigenvalue weighted by Gasteiger charge is -2.13. The van der Waals surface area contributed by atoms with Gasteiger partial charge in [0.15, 0.2) is 5.65 Å². The molecular formula is C15H15N10+. The Morgan fingerprint density at radius 1 is 1.24 bits per heavy atom. The molecule has 0 aliphatic carbocycles. The van der Waals surface area contributed by atoms with Crippen LogP contribution in [0.1, 0.15) is 5.69 Å². The second-order valence-corrected chi connectivity index (χ2v) is 5.80. The van der Waals surface area contributed by atoms with E-state index in [4.69, 9.17) is 4.98 Å². The highest BCUT2D eigenvalue weighted by molar-refractivity contribution is 5.77. The van der Waals surface area contributed by atoms with Crippen LogP contribution in [0.3, 0.4) is 0 Å². The van der Waals surface area contributed by atoms with Gasteiger partial charge in [-0.05, 0) is 12.1 Å². The molecule has 0 saturated heterocycles. The molecule has 1 aliphatic heterocycles. The molecule has 0 unspecified atom stereocenters. The van der Waals surface area contributed by atoms with E-state index < -0.39 is 0 Å². The Bertz CT molecular complexity index is 1070. The van der Waals surface area contributed by atoms with E-state index in [2.05, 4.69) is 30.8 Å². The molecule has 0 spiro atoms. The molecule has 10 nitrogen and oxygen atoms in total. The second kappa shape index (κ2) is 5.33. The maximum Gasteiger partial charge on any atom is 0.290 e. The third-order valence-electron chi connectivity index (χ3n) is 4.12. The van der Waals surface area contributed by atoms with Crippen LogP contribution < -0.4 is 16.0 Å². The van der Waals surface area contributed by atoms with Gasteiger partial charge in [-0.3, -0.25) is 9.78 Å². The molecule has 0 radical (unpaired) electrons. The van der Waals surface area contributed by atoms with E-state index in [-0.39, 0.29) is 0 Å². The maximum atomic E-state index is 4.75. The summed E-state index contributed by atoms with van der Waals surface area (Å²) in [7, 11) is 1.88. The van der Waals surface area contributed by atoms with Crippen LogP contribution in [0.2, 0.25) is 0 Å². The van der Waals surface area contributed by atoms with Gasteiger partial charge in [0.1, 0.15) is 0 Å². The predicted octanol–water partition coefficient (Wildman–Crippen LogP) is -0.217. The molecular weight excluding hydrogens is 320 g/mol. The van der Waals surface area contributed by atoms with E-state index >= 15 is 0 Å². The summed E-state index contributed by atoms with van der Waals surface area (Å²) >= 11 is 0. The summed E-state index contributed by atoms with van der Waals surface area (Å²) in [5, 5.41) is 14.4. The quantitative estimate of drug-likeness (QED) is 0.443. The summed E-state index contributed by atoms with van der Waals surface area (Å²) in [5.74, 6) is 1.57. The number of rotatable bonds is 3. The smallest absolute Gasteiger partial charge is 0.278 e.